The van der Waals surface area contributed by atoms with Gasteiger partial charge in [-0.05, 0) is 54.3 Å². The molecule has 0 aromatic heterocycles. The molecule has 3 heteroatoms. The molecule has 2 unspecified atom stereocenters. The lowest BCUT2D eigenvalue weighted by Crippen LogP contribution is -2.50. The maximum absolute atomic E-state index is 6.30. The smallest absolute Gasteiger partial charge is 0.0790 e. The zero-order valence-electron chi connectivity index (χ0n) is 13.3. The average Bonchev–Trinajstić information content (AvgIpc) is 2.37. The van der Waals surface area contributed by atoms with Crippen LogP contribution in [0.1, 0.15) is 48.0 Å². The number of rotatable bonds is 6. The Labute approximate surface area is 113 Å². The van der Waals surface area contributed by atoms with E-state index in [4.69, 9.17) is 4.74 Å². The Morgan fingerprint density at radius 3 is 2.22 bits per heavy atom. The van der Waals surface area contributed by atoms with E-state index >= 15 is 0 Å². The van der Waals surface area contributed by atoms with Crippen molar-refractivity contribution in [1.82, 2.24) is 10.2 Å². The van der Waals surface area contributed by atoms with Crippen LogP contribution in [0, 0.1) is 5.92 Å². The van der Waals surface area contributed by atoms with Gasteiger partial charge in [0, 0.05) is 18.5 Å². The van der Waals surface area contributed by atoms with Gasteiger partial charge in [-0.3, -0.25) is 0 Å². The van der Waals surface area contributed by atoms with Gasteiger partial charge in [-0.1, -0.05) is 13.8 Å². The number of nitrogens with one attached hydrogen (secondary N) is 1. The van der Waals surface area contributed by atoms with Crippen LogP contribution in [0.4, 0.5) is 0 Å². The largest absolute Gasteiger partial charge is 0.368 e. The van der Waals surface area contributed by atoms with E-state index in [1.807, 2.05) is 0 Å². The lowest BCUT2D eigenvalue weighted by atomic mass is 9.82. The minimum atomic E-state index is -0.0861. The number of likely N-dealkylation sites (N-methyl/N-ethyl adjacent to an activating group) is 1. The minimum absolute atomic E-state index is 0.0572. The van der Waals surface area contributed by atoms with E-state index in [9.17, 15) is 0 Å². The monoisotopic (exact) mass is 256 g/mol. The van der Waals surface area contributed by atoms with Crippen molar-refractivity contribution >= 4 is 0 Å². The maximum atomic E-state index is 6.30. The summed E-state index contributed by atoms with van der Waals surface area (Å²) in [6.45, 7) is 16.6. The van der Waals surface area contributed by atoms with E-state index in [-0.39, 0.29) is 11.2 Å². The van der Waals surface area contributed by atoms with Gasteiger partial charge in [0.25, 0.3) is 0 Å². The maximum Gasteiger partial charge on any atom is 0.0790 e. The molecule has 0 saturated carbocycles. The Hall–Kier alpha value is -0.120. The number of nitrogens with zero attached hydrogens (tertiary/aromatic N) is 1. The highest BCUT2D eigenvalue weighted by Gasteiger charge is 2.53. The van der Waals surface area contributed by atoms with E-state index in [2.05, 4.69) is 58.8 Å². The fraction of sp³-hybridized carbons (Fsp3) is 1.00. The van der Waals surface area contributed by atoms with Crippen LogP contribution in [0.15, 0.2) is 0 Å². The van der Waals surface area contributed by atoms with Gasteiger partial charge in [-0.15, -0.1) is 0 Å². The van der Waals surface area contributed by atoms with Crippen molar-refractivity contribution in [3.8, 4) is 0 Å². The minimum Gasteiger partial charge on any atom is -0.368 e. The second-order valence-corrected chi connectivity index (χ2v) is 6.71. The predicted molar refractivity (Wildman–Crippen MR) is 78.0 cm³/mol. The summed E-state index contributed by atoms with van der Waals surface area (Å²) in [4.78, 5) is 2.43. The first kappa shape index (κ1) is 15.9. The first-order chi connectivity index (χ1) is 8.24. The molecule has 0 aliphatic carbocycles. The van der Waals surface area contributed by atoms with Crippen molar-refractivity contribution in [2.45, 2.75) is 65.2 Å². The van der Waals surface area contributed by atoms with Crippen LogP contribution >= 0.6 is 0 Å². The zero-order valence-corrected chi connectivity index (χ0v) is 13.3. The molecule has 108 valence electrons. The van der Waals surface area contributed by atoms with Gasteiger partial charge >= 0.3 is 0 Å². The Bertz CT molecular complexity index is 263. The number of hydrogen-bond donors (Lipinski definition) is 1. The normalized spacial score (nSPS) is 30.0. The number of hydrogen-bond acceptors (Lipinski definition) is 3. The molecule has 0 spiro atoms. The highest BCUT2D eigenvalue weighted by atomic mass is 16.5. The highest BCUT2D eigenvalue weighted by molar-refractivity contribution is 5.05. The van der Waals surface area contributed by atoms with Crippen LogP contribution in [0.3, 0.4) is 0 Å². The van der Waals surface area contributed by atoms with Crippen LogP contribution in [-0.2, 0) is 4.74 Å². The Morgan fingerprint density at radius 2 is 1.72 bits per heavy atom. The van der Waals surface area contributed by atoms with E-state index < -0.39 is 0 Å². The third-order valence-corrected chi connectivity index (χ3v) is 4.11. The SMILES string of the molecule is CCCN(C)CC1C(NCC)C(C)(C)OC1(C)C. The first-order valence-corrected chi connectivity index (χ1v) is 7.36. The molecule has 2 atom stereocenters. The zero-order chi connectivity index (χ0) is 14.0. The quantitative estimate of drug-likeness (QED) is 0.790. The van der Waals surface area contributed by atoms with E-state index in [1.165, 1.54) is 6.42 Å². The van der Waals surface area contributed by atoms with Crippen molar-refractivity contribution in [2.75, 3.05) is 26.7 Å². The summed E-state index contributed by atoms with van der Waals surface area (Å²) in [6, 6.07) is 0.428. The molecule has 18 heavy (non-hydrogen) atoms. The van der Waals surface area contributed by atoms with Crippen LogP contribution in [0.5, 0.6) is 0 Å². The molecular weight excluding hydrogens is 224 g/mol. The molecule has 0 aromatic rings. The van der Waals surface area contributed by atoms with Crippen molar-refractivity contribution in [2.24, 2.45) is 5.92 Å². The topological polar surface area (TPSA) is 24.5 Å². The highest BCUT2D eigenvalue weighted by Crippen LogP contribution is 2.42. The lowest BCUT2D eigenvalue weighted by molar-refractivity contribution is -0.0792. The van der Waals surface area contributed by atoms with Crippen LogP contribution in [0.2, 0.25) is 0 Å². The van der Waals surface area contributed by atoms with Crippen LogP contribution in [0.25, 0.3) is 0 Å². The summed E-state index contributed by atoms with van der Waals surface area (Å²) in [5.74, 6) is 0.531. The molecule has 1 fully saturated rings. The van der Waals surface area contributed by atoms with Gasteiger partial charge in [0.15, 0.2) is 0 Å². The van der Waals surface area contributed by atoms with Crippen molar-refractivity contribution in [3.05, 3.63) is 0 Å². The molecule has 0 amide bonds. The van der Waals surface area contributed by atoms with Crippen LogP contribution in [-0.4, -0.2) is 48.8 Å². The molecule has 0 radical (unpaired) electrons. The Balaban J connectivity index is 2.82. The Morgan fingerprint density at radius 1 is 1.11 bits per heavy atom. The fourth-order valence-electron chi connectivity index (χ4n) is 3.45. The molecular formula is C15H32N2O. The van der Waals surface area contributed by atoms with Crippen molar-refractivity contribution < 1.29 is 4.74 Å². The predicted octanol–water partition coefficient (Wildman–Crippen LogP) is 2.51. The molecule has 3 nitrogen and oxygen atoms in total. The molecule has 1 rings (SSSR count). The van der Waals surface area contributed by atoms with Gasteiger partial charge in [0.05, 0.1) is 11.2 Å². The summed E-state index contributed by atoms with van der Waals surface area (Å²) >= 11 is 0. The third kappa shape index (κ3) is 3.46. The molecule has 1 N–H and O–H groups in total. The fourth-order valence-corrected chi connectivity index (χ4v) is 3.45. The van der Waals surface area contributed by atoms with Crippen molar-refractivity contribution in [3.63, 3.8) is 0 Å². The van der Waals surface area contributed by atoms with Gasteiger partial charge in [0.1, 0.15) is 0 Å². The van der Waals surface area contributed by atoms with Gasteiger partial charge < -0.3 is 15.0 Å². The summed E-state index contributed by atoms with van der Waals surface area (Å²) < 4.78 is 6.30. The molecule has 1 aliphatic heterocycles. The summed E-state index contributed by atoms with van der Waals surface area (Å²) in [5.41, 5.74) is -0.143. The second kappa shape index (κ2) is 5.89. The van der Waals surface area contributed by atoms with E-state index in [1.54, 1.807) is 0 Å². The van der Waals surface area contributed by atoms with E-state index in [0.29, 0.717) is 12.0 Å². The third-order valence-electron chi connectivity index (χ3n) is 4.11. The molecule has 1 saturated heterocycles. The molecule has 0 aromatic carbocycles. The van der Waals surface area contributed by atoms with Crippen LogP contribution < -0.4 is 5.32 Å². The second-order valence-electron chi connectivity index (χ2n) is 6.71. The molecule has 1 heterocycles. The Kier molecular flexibility index (Phi) is 5.22. The average molecular weight is 256 g/mol. The summed E-state index contributed by atoms with van der Waals surface area (Å²) in [5, 5.41) is 3.64. The van der Waals surface area contributed by atoms with Gasteiger partial charge in [0.2, 0.25) is 0 Å². The van der Waals surface area contributed by atoms with E-state index in [0.717, 1.165) is 19.6 Å². The lowest BCUT2D eigenvalue weighted by Gasteiger charge is -2.33. The van der Waals surface area contributed by atoms with Gasteiger partial charge in [-0.25, -0.2) is 0 Å². The number of ether oxygens (including phenoxy) is 1. The summed E-state index contributed by atoms with van der Waals surface area (Å²) in [7, 11) is 2.22. The van der Waals surface area contributed by atoms with Crippen molar-refractivity contribution in [1.29, 1.82) is 0 Å². The molecule has 1 aliphatic rings. The van der Waals surface area contributed by atoms with Gasteiger partial charge in [-0.2, -0.15) is 0 Å². The standard InChI is InChI=1S/C15H32N2O/c1-8-10-17(7)11-12-13(16-9-2)15(5,6)18-14(12,3)4/h12-13,16H,8-11H2,1-7H3. The first-order valence-electron chi connectivity index (χ1n) is 7.36. The summed E-state index contributed by atoms with van der Waals surface area (Å²) in [6.07, 6.45) is 1.21. The molecule has 0 bridgehead atoms.